The number of Topliss-reactive ketones (excluding diaryl/α,β-unsaturated/α-hetero) is 1. The number of anilines is 3. The Morgan fingerprint density at radius 2 is 1.86 bits per heavy atom. The summed E-state index contributed by atoms with van der Waals surface area (Å²) in [5, 5.41) is 8.42. The second-order valence-corrected chi connectivity index (χ2v) is 10.0. The monoisotopic (exact) mass is 497 g/mol. The molecule has 1 saturated carbocycles. The molecule has 0 unspecified atom stereocenters. The van der Waals surface area contributed by atoms with Gasteiger partial charge in [0.2, 0.25) is 5.95 Å². The van der Waals surface area contributed by atoms with Gasteiger partial charge in [0.25, 0.3) is 5.56 Å². The minimum Gasteiger partial charge on any atom is -0.369 e. The molecule has 9 nitrogen and oxygen atoms in total. The van der Waals surface area contributed by atoms with E-state index < -0.39 is 0 Å². The molecule has 1 aromatic carbocycles. The van der Waals surface area contributed by atoms with Crippen molar-refractivity contribution in [3.8, 4) is 0 Å². The average Bonchev–Trinajstić information content (AvgIpc) is 3.43. The first kappa shape index (κ1) is 23.5. The Morgan fingerprint density at radius 1 is 1.08 bits per heavy atom. The fourth-order valence-electron chi connectivity index (χ4n) is 5.73. The van der Waals surface area contributed by atoms with Crippen LogP contribution >= 0.6 is 0 Å². The summed E-state index contributed by atoms with van der Waals surface area (Å²) in [6, 6.07) is 10.4. The summed E-state index contributed by atoms with van der Waals surface area (Å²) in [5.74, 6) is 0.783. The van der Waals surface area contributed by atoms with Crippen molar-refractivity contribution in [3.63, 3.8) is 0 Å². The lowest BCUT2D eigenvalue weighted by atomic mass is 10.0. The molecule has 37 heavy (non-hydrogen) atoms. The third-order valence-electron chi connectivity index (χ3n) is 7.65. The van der Waals surface area contributed by atoms with Gasteiger partial charge in [0.15, 0.2) is 5.78 Å². The first-order chi connectivity index (χ1) is 18.0. The molecule has 0 bridgehead atoms. The molecule has 0 spiro atoms. The van der Waals surface area contributed by atoms with Crippen LogP contribution in [0.2, 0.25) is 0 Å². The first-order valence-corrected chi connectivity index (χ1v) is 13.1. The van der Waals surface area contributed by atoms with Crippen molar-refractivity contribution in [1.82, 2.24) is 24.8 Å². The van der Waals surface area contributed by atoms with E-state index in [1.165, 1.54) is 12.6 Å². The van der Waals surface area contributed by atoms with Gasteiger partial charge in [0, 0.05) is 54.9 Å². The Hall–Kier alpha value is -3.85. The van der Waals surface area contributed by atoms with Crippen LogP contribution in [0.4, 0.5) is 17.5 Å². The van der Waals surface area contributed by atoms with Gasteiger partial charge in [-0.15, -0.1) is 0 Å². The normalized spacial score (nSPS) is 16.5. The van der Waals surface area contributed by atoms with E-state index in [-0.39, 0.29) is 22.9 Å². The number of hydrogen-bond acceptors (Lipinski definition) is 8. The van der Waals surface area contributed by atoms with Gasteiger partial charge >= 0.3 is 0 Å². The van der Waals surface area contributed by atoms with Crippen molar-refractivity contribution in [2.75, 3.05) is 36.4 Å². The van der Waals surface area contributed by atoms with E-state index in [1.807, 2.05) is 12.1 Å². The van der Waals surface area contributed by atoms with E-state index in [1.54, 1.807) is 17.7 Å². The molecule has 0 radical (unpaired) electrons. The number of carbonyl (C=O) groups excluding carboxylic acids is 1. The molecule has 9 heteroatoms. The number of hydrogen-bond donors (Lipinski definition) is 2. The van der Waals surface area contributed by atoms with Crippen LogP contribution in [0.25, 0.3) is 21.9 Å². The number of fused-ring (bicyclic) bond motifs is 2. The summed E-state index contributed by atoms with van der Waals surface area (Å²) >= 11 is 0. The van der Waals surface area contributed by atoms with Gasteiger partial charge in [0.1, 0.15) is 11.5 Å². The van der Waals surface area contributed by atoms with Crippen LogP contribution in [0.1, 0.15) is 54.6 Å². The molecule has 0 atom stereocenters. The standard InChI is InChI=1S/C28H31N7O2/c1-17-22-16-30-28(33-26(22)35(20-5-3-4-6-20)27(37)25(17)18(2)36)32-24-10-7-19-15-21(8-9-23(19)31-24)34-13-11-29-12-14-34/h7-10,15-16,20,29H,3-6,11-14H2,1-2H3,(H,30,31,32,33). The number of ketones is 1. The van der Waals surface area contributed by atoms with E-state index in [0.717, 1.165) is 68.2 Å². The molecule has 1 aliphatic heterocycles. The van der Waals surface area contributed by atoms with Crippen molar-refractivity contribution >= 4 is 45.2 Å². The van der Waals surface area contributed by atoms with E-state index in [2.05, 4.69) is 38.7 Å². The molecule has 6 rings (SSSR count). The zero-order chi connectivity index (χ0) is 25.5. The van der Waals surface area contributed by atoms with Gasteiger partial charge in [-0.25, -0.2) is 9.97 Å². The number of benzene rings is 1. The largest absolute Gasteiger partial charge is 0.369 e. The van der Waals surface area contributed by atoms with Crippen LogP contribution in [-0.2, 0) is 0 Å². The molecule has 4 aromatic rings. The Kier molecular flexibility index (Phi) is 6.08. The fraction of sp³-hybridized carbons (Fsp3) is 0.393. The predicted octanol–water partition coefficient (Wildman–Crippen LogP) is 4.12. The van der Waals surface area contributed by atoms with E-state index >= 15 is 0 Å². The Labute approximate surface area is 214 Å². The maximum atomic E-state index is 13.4. The highest BCUT2D eigenvalue weighted by molar-refractivity contribution is 5.99. The van der Waals surface area contributed by atoms with Gasteiger partial charge in [-0.3, -0.25) is 14.2 Å². The summed E-state index contributed by atoms with van der Waals surface area (Å²) in [5.41, 5.74) is 3.28. The number of carbonyl (C=O) groups is 1. The SMILES string of the molecule is CC(=O)c1c(C)c2cnc(Nc3ccc4cc(N5CCNCC5)ccc4n3)nc2n(C2CCCC2)c1=O. The molecule has 4 heterocycles. The van der Waals surface area contributed by atoms with Gasteiger partial charge in [-0.05, 0) is 62.6 Å². The highest BCUT2D eigenvalue weighted by Crippen LogP contribution is 2.32. The minimum absolute atomic E-state index is 0.0418. The van der Waals surface area contributed by atoms with Gasteiger partial charge in [-0.2, -0.15) is 4.98 Å². The number of rotatable bonds is 5. The smallest absolute Gasteiger partial charge is 0.263 e. The molecular formula is C28H31N7O2. The quantitative estimate of drug-likeness (QED) is 0.397. The molecule has 190 valence electrons. The topological polar surface area (TPSA) is 105 Å². The Bertz CT molecular complexity index is 1570. The van der Waals surface area contributed by atoms with Gasteiger partial charge in [-0.1, -0.05) is 12.8 Å². The molecule has 2 aliphatic rings. The summed E-state index contributed by atoms with van der Waals surface area (Å²) in [4.78, 5) is 42.2. The molecule has 3 aromatic heterocycles. The first-order valence-electron chi connectivity index (χ1n) is 13.1. The number of aromatic nitrogens is 4. The number of nitrogens with zero attached hydrogens (tertiary/aromatic N) is 5. The van der Waals surface area contributed by atoms with Crippen molar-refractivity contribution in [2.24, 2.45) is 0 Å². The summed E-state index contributed by atoms with van der Waals surface area (Å²) in [6.45, 7) is 7.23. The highest BCUT2D eigenvalue weighted by Gasteiger charge is 2.26. The zero-order valence-electron chi connectivity index (χ0n) is 21.3. The number of pyridine rings is 2. The molecule has 2 N–H and O–H groups in total. The Balaban J connectivity index is 1.36. The lowest BCUT2D eigenvalue weighted by Crippen LogP contribution is -2.43. The second kappa shape index (κ2) is 9.55. The van der Waals surface area contributed by atoms with Crippen molar-refractivity contribution in [3.05, 3.63) is 58.0 Å². The van der Waals surface area contributed by atoms with Crippen LogP contribution < -0.4 is 21.1 Å². The van der Waals surface area contributed by atoms with Crippen molar-refractivity contribution in [2.45, 2.75) is 45.6 Å². The fourth-order valence-corrected chi connectivity index (χ4v) is 5.73. The average molecular weight is 498 g/mol. The van der Waals surface area contributed by atoms with Crippen LogP contribution in [0.5, 0.6) is 0 Å². The second-order valence-electron chi connectivity index (χ2n) is 10.0. The van der Waals surface area contributed by atoms with Crippen LogP contribution in [0.3, 0.4) is 0 Å². The van der Waals surface area contributed by atoms with Gasteiger partial charge < -0.3 is 15.5 Å². The highest BCUT2D eigenvalue weighted by atomic mass is 16.1. The molecule has 1 saturated heterocycles. The zero-order valence-corrected chi connectivity index (χ0v) is 21.3. The lowest BCUT2D eigenvalue weighted by molar-refractivity contribution is 0.101. The number of nitrogens with one attached hydrogen (secondary N) is 2. The third kappa shape index (κ3) is 4.33. The summed E-state index contributed by atoms with van der Waals surface area (Å²) < 4.78 is 1.73. The maximum Gasteiger partial charge on any atom is 0.263 e. The van der Waals surface area contributed by atoms with Crippen LogP contribution in [0.15, 0.2) is 41.3 Å². The molecule has 2 fully saturated rings. The van der Waals surface area contributed by atoms with E-state index in [9.17, 15) is 9.59 Å². The van der Waals surface area contributed by atoms with Crippen LogP contribution in [-0.4, -0.2) is 51.5 Å². The van der Waals surface area contributed by atoms with Crippen molar-refractivity contribution < 1.29 is 4.79 Å². The number of piperazine rings is 1. The number of aryl methyl sites for hydroxylation is 1. The van der Waals surface area contributed by atoms with E-state index in [0.29, 0.717) is 23.0 Å². The maximum absolute atomic E-state index is 13.4. The van der Waals surface area contributed by atoms with Crippen LogP contribution in [0, 0.1) is 6.92 Å². The minimum atomic E-state index is -0.252. The molecule has 0 amide bonds. The third-order valence-corrected chi connectivity index (χ3v) is 7.65. The lowest BCUT2D eigenvalue weighted by Gasteiger charge is -2.29. The van der Waals surface area contributed by atoms with Crippen molar-refractivity contribution in [1.29, 1.82) is 0 Å². The van der Waals surface area contributed by atoms with E-state index in [4.69, 9.17) is 9.97 Å². The molecular weight excluding hydrogens is 466 g/mol. The Morgan fingerprint density at radius 3 is 2.62 bits per heavy atom. The predicted molar refractivity (Wildman–Crippen MR) is 146 cm³/mol. The van der Waals surface area contributed by atoms with Gasteiger partial charge in [0.05, 0.1) is 11.1 Å². The summed E-state index contributed by atoms with van der Waals surface area (Å²) in [6.07, 6.45) is 5.65. The summed E-state index contributed by atoms with van der Waals surface area (Å²) in [7, 11) is 0. The molecule has 1 aliphatic carbocycles.